The van der Waals surface area contributed by atoms with E-state index in [9.17, 15) is 34.5 Å². The van der Waals surface area contributed by atoms with Crippen LogP contribution in [0.2, 0.25) is 0 Å². The van der Waals surface area contributed by atoms with Crippen molar-refractivity contribution < 1.29 is 34.5 Å². The summed E-state index contributed by atoms with van der Waals surface area (Å²) in [6.45, 7) is 6.61. The van der Waals surface area contributed by atoms with E-state index in [0.717, 1.165) is 0 Å². The van der Waals surface area contributed by atoms with Crippen molar-refractivity contribution in [3.05, 3.63) is 29.8 Å². The number of carbonyl (C=O) groups excluding carboxylic acids is 3. The number of hydrogen-bond donors (Lipinski definition) is 7. The van der Waals surface area contributed by atoms with Crippen LogP contribution >= 0.6 is 0 Å². The van der Waals surface area contributed by atoms with Gasteiger partial charge in [0.2, 0.25) is 17.7 Å². The van der Waals surface area contributed by atoms with Crippen molar-refractivity contribution in [2.45, 2.75) is 71.1 Å². The molecule has 196 valence electrons. The lowest BCUT2D eigenvalue weighted by Gasteiger charge is -2.27. The molecule has 0 aromatic heterocycles. The average Bonchev–Trinajstić information content (AvgIpc) is 2.81. The minimum atomic E-state index is -1.24. The Labute approximate surface area is 205 Å². The van der Waals surface area contributed by atoms with Gasteiger partial charge in [0.15, 0.2) is 0 Å². The Balaban J connectivity index is 3.13. The van der Waals surface area contributed by atoms with Crippen molar-refractivity contribution in [3.8, 4) is 5.75 Å². The van der Waals surface area contributed by atoms with Gasteiger partial charge in [-0.15, -0.1) is 0 Å². The van der Waals surface area contributed by atoms with E-state index in [4.69, 9.17) is 5.73 Å². The summed E-state index contributed by atoms with van der Waals surface area (Å²) < 4.78 is 0. The van der Waals surface area contributed by atoms with Crippen molar-refractivity contribution in [2.75, 3.05) is 6.61 Å². The topological polar surface area (TPSA) is 191 Å². The molecule has 11 heteroatoms. The van der Waals surface area contributed by atoms with Gasteiger partial charge in [0, 0.05) is 6.42 Å². The number of rotatable bonds is 14. The van der Waals surface area contributed by atoms with E-state index in [-0.39, 0.29) is 30.4 Å². The SMILES string of the molecule is CCC(C)C(NC(=O)C(CC(C)C)NC(=O)C(Cc1ccc(O)cc1)NC(=O)C(N)CO)C(=O)O. The van der Waals surface area contributed by atoms with Crippen LogP contribution < -0.4 is 21.7 Å². The number of aromatic hydroxyl groups is 1. The molecule has 5 unspecified atom stereocenters. The van der Waals surface area contributed by atoms with Crippen molar-refractivity contribution in [1.82, 2.24) is 16.0 Å². The summed E-state index contributed by atoms with van der Waals surface area (Å²) in [4.78, 5) is 50.1. The van der Waals surface area contributed by atoms with E-state index in [1.165, 1.54) is 12.1 Å². The predicted octanol–water partition coefficient (Wildman–Crippen LogP) is -0.114. The zero-order chi connectivity index (χ0) is 26.7. The Kier molecular flexibility index (Phi) is 12.2. The highest BCUT2D eigenvalue weighted by molar-refractivity contribution is 5.94. The smallest absolute Gasteiger partial charge is 0.326 e. The third kappa shape index (κ3) is 9.91. The van der Waals surface area contributed by atoms with Gasteiger partial charge in [-0.2, -0.15) is 0 Å². The number of carboxylic acid groups (broad SMARTS) is 1. The maximum atomic E-state index is 13.2. The second-order valence-corrected chi connectivity index (χ2v) is 9.12. The molecule has 0 aliphatic carbocycles. The maximum Gasteiger partial charge on any atom is 0.326 e. The van der Waals surface area contributed by atoms with Crippen molar-refractivity contribution >= 4 is 23.7 Å². The number of phenols is 1. The van der Waals surface area contributed by atoms with Crippen LogP contribution in [0.1, 0.15) is 46.1 Å². The monoisotopic (exact) mass is 494 g/mol. The van der Waals surface area contributed by atoms with Gasteiger partial charge in [-0.05, 0) is 36.0 Å². The van der Waals surface area contributed by atoms with E-state index in [1.54, 1.807) is 19.1 Å². The lowest BCUT2D eigenvalue weighted by molar-refractivity contribution is -0.144. The molecular weight excluding hydrogens is 456 g/mol. The molecule has 0 saturated carbocycles. The molecule has 0 radical (unpaired) electrons. The largest absolute Gasteiger partial charge is 0.508 e. The van der Waals surface area contributed by atoms with Crippen LogP contribution in [-0.4, -0.2) is 69.8 Å². The molecule has 8 N–H and O–H groups in total. The number of aliphatic hydroxyl groups excluding tert-OH is 1. The Morgan fingerprint density at radius 1 is 0.914 bits per heavy atom. The molecule has 0 aliphatic heterocycles. The summed E-state index contributed by atoms with van der Waals surface area (Å²) in [6, 6.07) is 1.48. The van der Waals surface area contributed by atoms with Gasteiger partial charge in [0.05, 0.1) is 6.61 Å². The maximum absolute atomic E-state index is 13.2. The summed E-state index contributed by atoms with van der Waals surface area (Å²) in [5.41, 5.74) is 6.19. The molecule has 35 heavy (non-hydrogen) atoms. The molecule has 5 atom stereocenters. The standard InChI is InChI=1S/C24H38N4O7/c1-5-14(4)20(24(34)35)28-23(33)18(10-13(2)3)27-22(32)19(26-21(31)17(25)12-29)11-15-6-8-16(30)9-7-15/h6-9,13-14,17-20,29-30H,5,10-12,25H2,1-4H3,(H,26,31)(H,27,32)(H,28,33)(H,34,35). The molecule has 1 aromatic rings. The van der Waals surface area contributed by atoms with Gasteiger partial charge >= 0.3 is 5.97 Å². The van der Waals surface area contributed by atoms with Crippen LogP contribution in [0.25, 0.3) is 0 Å². The number of carboxylic acids is 1. The van der Waals surface area contributed by atoms with Gasteiger partial charge in [0.25, 0.3) is 0 Å². The summed E-state index contributed by atoms with van der Waals surface area (Å²) in [6.07, 6.45) is 0.793. The van der Waals surface area contributed by atoms with Crippen LogP contribution in [0.15, 0.2) is 24.3 Å². The number of amides is 3. The summed E-state index contributed by atoms with van der Waals surface area (Å²) in [5, 5.41) is 35.8. The Morgan fingerprint density at radius 3 is 1.94 bits per heavy atom. The summed E-state index contributed by atoms with van der Waals surface area (Å²) >= 11 is 0. The second kappa shape index (κ2) is 14.3. The summed E-state index contributed by atoms with van der Waals surface area (Å²) in [5.74, 6) is -3.53. The minimum Gasteiger partial charge on any atom is -0.508 e. The molecule has 0 aliphatic rings. The van der Waals surface area contributed by atoms with Gasteiger partial charge in [0.1, 0.15) is 29.9 Å². The minimum absolute atomic E-state index is 0.00845. The van der Waals surface area contributed by atoms with Crippen molar-refractivity contribution in [1.29, 1.82) is 0 Å². The van der Waals surface area contributed by atoms with Crippen LogP contribution in [-0.2, 0) is 25.6 Å². The molecule has 0 heterocycles. The molecular formula is C24H38N4O7. The van der Waals surface area contributed by atoms with E-state index in [0.29, 0.717) is 12.0 Å². The number of carbonyl (C=O) groups is 4. The first kappa shape index (κ1) is 29.9. The molecule has 1 rings (SSSR count). The number of aliphatic carboxylic acids is 1. The van der Waals surface area contributed by atoms with Crippen LogP contribution in [0.5, 0.6) is 5.75 Å². The molecule has 0 fully saturated rings. The fraction of sp³-hybridized carbons (Fsp3) is 0.583. The normalized spacial score (nSPS) is 15.4. The van der Waals surface area contributed by atoms with E-state index >= 15 is 0 Å². The fourth-order valence-electron chi connectivity index (χ4n) is 3.35. The molecule has 0 bridgehead atoms. The van der Waals surface area contributed by atoms with E-state index < -0.39 is 54.5 Å². The van der Waals surface area contributed by atoms with Crippen LogP contribution in [0, 0.1) is 11.8 Å². The van der Waals surface area contributed by atoms with Gasteiger partial charge in [-0.1, -0.05) is 46.2 Å². The van der Waals surface area contributed by atoms with Gasteiger partial charge < -0.3 is 37.0 Å². The average molecular weight is 495 g/mol. The van der Waals surface area contributed by atoms with E-state index in [1.807, 2.05) is 20.8 Å². The molecule has 0 saturated heterocycles. The number of hydrogen-bond acceptors (Lipinski definition) is 7. The number of phenolic OH excluding ortho intramolecular Hbond substituents is 1. The highest BCUT2D eigenvalue weighted by atomic mass is 16.4. The number of nitrogens with two attached hydrogens (primary N) is 1. The molecule has 3 amide bonds. The molecule has 11 nitrogen and oxygen atoms in total. The Hall–Kier alpha value is -3.18. The first-order chi connectivity index (χ1) is 16.4. The number of aliphatic hydroxyl groups is 1. The highest BCUT2D eigenvalue weighted by Crippen LogP contribution is 2.13. The van der Waals surface area contributed by atoms with Crippen LogP contribution in [0.3, 0.4) is 0 Å². The van der Waals surface area contributed by atoms with E-state index in [2.05, 4.69) is 16.0 Å². The lowest BCUT2D eigenvalue weighted by Crippen LogP contribution is -2.58. The predicted molar refractivity (Wildman–Crippen MR) is 129 cm³/mol. The zero-order valence-corrected chi connectivity index (χ0v) is 20.7. The lowest BCUT2D eigenvalue weighted by atomic mass is 9.97. The van der Waals surface area contributed by atoms with Crippen LogP contribution in [0.4, 0.5) is 0 Å². The number of benzene rings is 1. The second-order valence-electron chi connectivity index (χ2n) is 9.12. The Bertz CT molecular complexity index is 860. The van der Waals surface area contributed by atoms with Gasteiger partial charge in [-0.25, -0.2) is 4.79 Å². The van der Waals surface area contributed by atoms with Gasteiger partial charge in [-0.3, -0.25) is 14.4 Å². The Morgan fingerprint density at radius 2 is 1.46 bits per heavy atom. The van der Waals surface area contributed by atoms with Crippen molar-refractivity contribution in [3.63, 3.8) is 0 Å². The molecule has 1 aromatic carbocycles. The fourth-order valence-corrected chi connectivity index (χ4v) is 3.35. The first-order valence-electron chi connectivity index (χ1n) is 11.7. The zero-order valence-electron chi connectivity index (χ0n) is 20.7. The quantitative estimate of drug-likeness (QED) is 0.186. The third-order valence-electron chi connectivity index (χ3n) is 5.66. The highest BCUT2D eigenvalue weighted by Gasteiger charge is 2.32. The summed E-state index contributed by atoms with van der Waals surface area (Å²) in [7, 11) is 0. The number of nitrogens with one attached hydrogen (secondary N) is 3. The third-order valence-corrected chi connectivity index (χ3v) is 5.66. The molecule has 0 spiro atoms. The van der Waals surface area contributed by atoms with Crippen molar-refractivity contribution in [2.24, 2.45) is 17.6 Å². The first-order valence-corrected chi connectivity index (χ1v) is 11.7.